The van der Waals surface area contributed by atoms with E-state index in [-0.39, 0.29) is 0 Å². The van der Waals surface area contributed by atoms with Gasteiger partial charge in [-0.3, -0.25) is 0 Å². The summed E-state index contributed by atoms with van der Waals surface area (Å²) in [7, 11) is 0. The lowest BCUT2D eigenvalue weighted by Gasteiger charge is -2.15. The summed E-state index contributed by atoms with van der Waals surface area (Å²) in [4.78, 5) is 4.57. The Morgan fingerprint density at radius 2 is 1.89 bits per heavy atom. The van der Waals surface area contributed by atoms with Crippen molar-refractivity contribution in [2.75, 3.05) is 0 Å². The Labute approximate surface area is 116 Å². The third-order valence-corrected chi connectivity index (χ3v) is 4.17. The van der Waals surface area contributed by atoms with E-state index in [0.29, 0.717) is 18.5 Å². The molecule has 19 heavy (non-hydrogen) atoms. The van der Waals surface area contributed by atoms with E-state index in [1.165, 1.54) is 44.9 Å². The smallest absolute Gasteiger partial charge is 0.240 e. The van der Waals surface area contributed by atoms with Crippen LogP contribution in [0.2, 0.25) is 0 Å². The molecule has 0 aliphatic heterocycles. The van der Waals surface area contributed by atoms with Crippen LogP contribution in [-0.2, 0) is 6.54 Å². The summed E-state index contributed by atoms with van der Waals surface area (Å²) in [6.07, 6.45) is 10.3. The fraction of sp³-hybridized carbons (Fsp3) is 0.867. The van der Waals surface area contributed by atoms with Crippen LogP contribution in [0.3, 0.4) is 0 Å². The van der Waals surface area contributed by atoms with Crippen LogP contribution < -0.4 is 5.32 Å². The predicted octanol–water partition coefficient (Wildman–Crippen LogP) is 3.79. The first kappa shape index (κ1) is 14.5. The molecule has 1 N–H and O–H groups in total. The number of hydrogen-bond acceptors (Lipinski definition) is 4. The molecule has 1 aromatic rings. The normalized spacial score (nSPS) is 19.9. The molecule has 1 fully saturated rings. The average molecular weight is 265 g/mol. The number of hydrogen-bond donors (Lipinski definition) is 1. The van der Waals surface area contributed by atoms with E-state index >= 15 is 0 Å². The van der Waals surface area contributed by atoms with Crippen molar-refractivity contribution in [2.45, 2.75) is 83.7 Å². The minimum atomic E-state index is 0.497. The monoisotopic (exact) mass is 265 g/mol. The van der Waals surface area contributed by atoms with Gasteiger partial charge in [0.25, 0.3) is 0 Å². The second-order valence-corrected chi connectivity index (χ2v) is 5.78. The predicted molar refractivity (Wildman–Crippen MR) is 76.0 cm³/mol. The van der Waals surface area contributed by atoms with Crippen LogP contribution in [0.25, 0.3) is 0 Å². The molecule has 0 saturated heterocycles. The van der Waals surface area contributed by atoms with Gasteiger partial charge in [-0.1, -0.05) is 44.2 Å². The Bertz CT molecular complexity index is 356. The fourth-order valence-corrected chi connectivity index (χ4v) is 2.63. The molecule has 0 amide bonds. The summed E-state index contributed by atoms with van der Waals surface area (Å²) in [5.74, 6) is 2.18. The molecular weight excluding hydrogens is 238 g/mol. The molecule has 0 bridgehead atoms. The van der Waals surface area contributed by atoms with Crippen molar-refractivity contribution in [3.05, 3.63) is 11.7 Å². The summed E-state index contributed by atoms with van der Waals surface area (Å²) in [5.41, 5.74) is 0. The van der Waals surface area contributed by atoms with Crippen LogP contribution in [-0.4, -0.2) is 16.2 Å². The van der Waals surface area contributed by atoms with Gasteiger partial charge < -0.3 is 9.84 Å². The van der Waals surface area contributed by atoms with E-state index in [1.54, 1.807) is 0 Å². The maximum absolute atomic E-state index is 5.36. The summed E-state index contributed by atoms with van der Waals surface area (Å²) in [5, 5.41) is 7.58. The standard InChI is InChI=1S/C15H27N3O/c1-3-12(2)16-11-14-17-15(18-19-14)13-9-7-5-4-6-8-10-13/h12-13,16H,3-11H2,1-2H3. The molecule has 1 heterocycles. The SMILES string of the molecule is CCC(C)NCc1nc(C2CCCCCCC2)no1. The molecule has 0 radical (unpaired) electrons. The topological polar surface area (TPSA) is 51.0 Å². The maximum Gasteiger partial charge on any atom is 0.240 e. The molecule has 0 spiro atoms. The lowest BCUT2D eigenvalue weighted by molar-refractivity contribution is 0.346. The van der Waals surface area contributed by atoms with Crippen molar-refractivity contribution in [1.29, 1.82) is 0 Å². The van der Waals surface area contributed by atoms with E-state index in [4.69, 9.17) is 4.52 Å². The quantitative estimate of drug-likeness (QED) is 0.880. The first-order chi connectivity index (χ1) is 9.29. The van der Waals surface area contributed by atoms with Crippen molar-refractivity contribution in [2.24, 2.45) is 0 Å². The van der Waals surface area contributed by atoms with Crippen molar-refractivity contribution < 1.29 is 4.52 Å². The Morgan fingerprint density at radius 3 is 2.58 bits per heavy atom. The second kappa shape index (κ2) is 7.63. The largest absolute Gasteiger partial charge is 0.338 e. The Hall–Kier alpha value is -0.900. The minimum absolute atomic E-state index is 0.497. The lowest BCUT2D eigenvalue weighted by atomic mass is 9.91. The van der Waals surface area contributed by atoms with Crippen molar-refractivity contribution in [3.63, 3.8) is 0 Å². The van der Waals surface area contributed by atoms with E-state index in [9.17, 15) is 0 Å². The molecule has 1 aliphatic carbocycles. The number of nitrogens with one attached hydrogen (secondary N) is 1. The van der Waals surface area contributed by atoms with Gasteiger partial charge in [0.05, 0.1) is 6.54 Å². The van der Waals surface area contributed by atoms with Crippen LogP contribution >= 0.6 is 0 Å². The highest BCUT2D eigenvalue weighted by molar-refractivity contribution is 4.96. The van der Waals surface area contributed by atoms with Gasteiger partial charge in [0, 0.05) is 12.0 Å². The molecule has 1 aromatic heterocycles. The molecule has 1 unspecified atom stereocenters. The highest BCUT2D eigenvalue weighted by Gasteiger charge is 2.19. The van der Waals surface area contributed by atoms with Gasteiger partial charge in [0.2, 0.25) is 5.89 Å². The van der Waals surface area contributed by atoms with Crippen molar-refractivity contribution in [1.82, 2.24) is 15.5 Å². The van der Waals surface area contributed by atoms with Crippen LogP contribution in [0, 0.1) is 0 Å². The third-order valence-electron chi connectivity index (χ3n) is 4.17. The Balaban J connectivity index is 1.87. The van der Waals surface area contributed by atoms with Crippen molar-refractivity contribution >= 4 is 0 Å². The van der Waals surface area contributed by atoms with Gasteiger partial charge in [-0.15, -0.1) is 0 Å². The average Bonchev–Trinajstić information content (AvgIpc) is 2.84. The van der Waals surface area contributed by atoms with E-state index in [1.807, 2.05) is 0 Å². The first-order valence-electron chi connectivity index (χ1n) is 7.85. The lowest BCUT2D eigenvalue weighted by Crippen LogP contribution is -2.24. The molecule has 1 aliphatic rings. The highest BCUT2D eigenvalue weighted by atomic mass is 16.5. The molecule has 1 saturated carbocycles. The zero-order valence-corrected chi connectivity index (χ0v) is 12.3. The second-order valence-electron chi connectivity index (χ2n) is 5.78. The van der Waals surface area contributed by atoms with Gasteiger partial charge in [-0.2, -0.15) is 4.98 Å². The zero-order chi connectivity index (χ0) is 13.5. The molecule has 4 nitrogen and oxygen atoms in total. The maximum atomic E-state index is 5.36. The van der Waals surface area contributed by atoms with Gasteiger partial charge in [-0.05, 0) is 26.2 Å². The number of rotatable bonds is 5. The molecule has 108 valence electrons. The van der Waals surface area contributed by atoms with Gasteiger partial charge >= 0.3 is 0 Å². The van der Waals surface area contributed by atoms with Gasteiger partial charge in [0.15, 0.2) is 5.82 Å². The van der Waals surface area contributed by atoms with Crippen LogP contribution in [0.4, 0.5) is 0 Å². The number of nitrogens with zero attached hydrogens (tertiary/aromatic N) is 2. The Kier molecular flexibility index (Phi) is 5.83. The fourth-order valence-electron chi connectivity index (χ4n) is 2.63. The van der Waals surface area contributed by atoms with Gasteiger partial charge in [0.1, 0.15) is 0 Å². The van der Waals surface area contributed by atoms with Crippen LogP contribution in [0.15, 0.2) is 4.52 Å². The van der Waals surface area contributed by atoms with E-state index in [0.717, 1.165) is 18.1 Å². The summed E-state index contributed by atoms with van der Waals surface area (Å²) in [6.45, 7) is 5.03. The minimum Gasteiger partial charge on any atom is -0.338 e. The zero-order valence-electron chi connectivity index (χ0n) is 12.3. The van der Waals surface area contributed by atoms with Gasteiger partial charge in [-0.25, -0.2) is 0 Å². The number of aromatic nitrogens is 2. The Morgan fingerprint density at radius 1 is 1.21 bits per heavy atom. The van der Waals surface area contributed by atoms with E-state index in [2.05, 4.69) is 29.3 Å². The molecular formula is C15H27N3O. The molecule has 1 atom stereocenters. The molecule has 0 aromatic carbocycles. The van der Waals surface area contributed by atoms with Crippen LogP contribution in [0.1, 0.15) is 82.8 Å². The van der Waals surface area contributed by atoms with E-state index < -0.39 is 0 Å². The van der Waals surface area contributed by atoms with Crippen molar-refractivity contribution in [3.8, 4) is 0 Å². The summed E-state index contributed by atoms with van der Waals surface area (Å²) < 4.78 is 5.36. The first-order valence-corrected chi connectivity index (χ1v) is 7.85. The highest BCUT2D eigenvalue weighted by Crippen LogP contribution is 2.29. The molecule has 2 rings (SSSR count). The third kappa shape index (κ3) is 4.60. The summed E-state index contributed by atoms with van der Waals surface area (Å²) >= 11 is 0. The van der Waals surface area contributed by atoms with Crippen LogP contribution in [0.5, 0.6) is 0 Å². The summed E-state index contributed by atoms with van der Waals surface area (Å²) in [6, 6.07) is 0.497. The molecule has 4 heteroatoms.